The topological polar surface area (TPSA) is 59.5 Å². The molecule has 2 aromatic carbocycles. The molecule has 0 radical (unpaired) electrons. The molecule has 1 aromatic heterocycles. The van der Waals surface area contributed by atoms with E-state index < -0.39 is 0 Å². The minimum atomic E-state index is -0.335. The maximum atomic E-state index is 13.8. The molecule has 1 saturated carbocycles. The maximum Gasteiger partial charge on any atom is 0.261 e. The Bertz CT molecular complexity index is 1140. The highest BCUT2D eigenvalue weighted by Gasteiger charge is 2.36. The summed E-state index contributed by atoms with van der Waals surface area (Å²) in [6, 6.07) is 11.3. The Kier molecular flexibility index (Phi) is 4.08. The lowest BCUT2D eigenvalue weighted by Crippen LogP contribution is -2.32. The van der Waals surface area contributed by atoms with Crippen LogP contribution in [0.2, 0.25) is 0 Å². The molecule has 0 unspecified atom stereocenters. The van der Waals surface area contributed by atoms with Crippen molar-refractivity contribution >= 4 is 22.7 Å². The number of amides is 2. The number of rotatable bonds is 5. The molecule has 5 nitrogen and oxygen atoms in total. The van der Waals surface area contributed by atoms with E-state index in [1.165, 1.54) is 17.0 Å². The van der Waals surface area contributed by atoms with E-state index in [2.05, 4.69) is 0 Å². The van der Waals surface area contributed by atoms with Crippen molar-refractivity contribution in [3.8, 4) is 5.75 Å². The minimum absolute atomic E-state index is 0.245. The summed E-state index contributed by atoms with van der Waals surface area (Å²) in [5.74, 6) is 0.0940. The largest absolute Gasteiger partial charge is 0.496 e. The average Bonchev–Trinajstić information content (AvgIpc) is 3.54. The normalized spacial score (nSPS) is 15.9. The van der Waals surface area contributed by atoms with Gasteiger partial charge in [-0.05, 0) is 49.1 Å². The van der Waals surface area contributed by atoms with Crippen molar-refractivity contribution < 1.29 is 18.7 Å². The summed E-state index contributed by atoms with van der Waals surface area (Å²) < 4.78 is 19.5. The monoisotopic (exact) mass is 390 g/mol. The smallest absolute Gasteiger partial charge is 0.261 e. The molecule has 0 spiro atoms. The van der Waals surface area contributed by atoms with Crippen molar-refractivity contribution in [2.24, 2.45) is 0 Å². The number of nitrogens with zero attached hydrogens (tertiary/aromatic N) is 2. The third kappa shape index (κ3) is 2.87. The minimum Gasteiger partial charge on any atom is -0.496 e. The molecule has 6 heteroatoms. The first-order valence-electron chi connectivity index (χ1n) is 9.69. The van der Waals surface area contributed by atoms with E-state index >= 15 is 0 Å². The molecule has 2 amide bonds. The average molecular weight is 390 g/mol. The number of benzene rings is 2. The molecule has 2 aliphatic rings. The van der Waals surface area contributed by atoms with Gasteiger partial charge in [0.1, 0.15) is 11.6 Å². The number of ether oxygens (including phenoxy) is 1. The van der Waals surface area contributed by atoms with Crippen LogP contribution in [0.3, 0.4) is 0 Å². The highest BCUT2D eigenvalue weighted by molar-refractivity contribution is 6.21. The van der Waals surface area contributed by atoms with E-state index in [1.54, 1.807) is 37.4 Å². The van der Waals surface area contributed by atoms with Crippen LogP contribution in [0.5, 0.6) is 5.75 Å². The molecular formula is C23H19FN2O3. The van der Waals surface area contributed by atoms with Crippen molar-refractivity contribution in [3.63, 3.8) is 0 Å². The van der Waals surface area contributed by atoms with E-state index in [4.69, 9.17) is 9.72 Å². The Morgan fingerprint density at radius 2 is 1.79 bits per heavy atom. The summed E-state index contributed by atoms with van der Waals surface area (Å²) in [5, 5.41) is 0.652. The first-order valence-corrected chi connectivity index (χ1v) is 9.69. The van der Waals surface area contributed by atoms with Crippen LogP contribution in [0.4, 0.5) is 4.39 Å². The molecule has 3 aromatic rings. The van der Waals surface area contributed by atoms with E-state index in [0.717, 1.165) is 24.1 Å². The molecule has 5 rings (SSSR count). The second-order valence-corrected chi connectivity index (χ2v) is 7.50. The van der Waals surface area contributed by atoms with Crippen molar-refractivity contribution in [3.05, 3.63) is 70.7 Å². The van der Waals surface area contributed by atoms with Crippen LogP contribution in [0.15, 0.2) is 42.5 Å². The molecule has 0 bridgehead atoms. The van der Waals surface area contributed by atoms with Crippen LogP contribution < -0.4 is 4.74 Å². The molecule has 0 saturated heterocycles. The van der Waals surface area contributed by atoms with E-state index in [1.807, 2.05) is 0 Å². The van der Waals surface area contributed by atoms with Gasteiger partial charge in [0.15, 0.2) is 0 Å². The lowest BCUT2D eigenvalue weighted by atomic mass is 10.0. The first kappa shape index (κ1) is 17.8. The van der Waals surface area contributed by atoms with Gasteiger partial charge >= 0.3 is 0 Å². The van der Waals surface area contributed by atoms with Gasteiger partial charge in [0, 0.05) is 23.9 Å². The van der Waals surface area contributed by atoms with Gasteiger partial charge in [0.2, 0.25) is 0 Å². The summed E-state index contributed by atoms with van der Waals surface area (Å²) >= 11 is 0. The number of carbonyl (C=O) groups excluding carboxylic acids is 2. The van der Waals surface area contributed by atoms with Crippen molar-refractivity contribution in [1.82, 2.24) is 9.88 Å². The Hall–Kier alpha value is -3.28. The zero-order chi connectivity index (χ0) is 20.1. The van der Waals surface area contributed by atoms with Gasteiger partial charge in [0.25, 0.3) is 11.8 Å². The summed E-state index contributed by atoms with van der Waals surface area (Å²) in [6.07, 6.45) is 2.48. The summed E-state index contributed by atoms with van der Waals surface area (Å²) in [7, 11) is 1.58. The van der Waals surface area contributed by atoms with Crippen LogP contribution in [-0.2, 0) is 6.42 Å². The van der Waals surface area contributed by atoms with Crippen LogP contribution in [0.1, 0.15) is 50.7 Å². The second kappa shape index (κ2) is 6.65. The second-order valence-electron chi connectivity index (χ2n) is 7.50. The van der Waals surface area contributed by atoms with Gasteiger partial charge in [-0.3, -0.25) is 19.5 Å². The summed E-state index contributed by atoms with van der Waals surface area (Å²) in [4.78, 5) is 31.3. The molecule has 2 heterocycles. The van der Waals surface area contributed by atoms with Crippen LogP contribution >= 0.6 is 0 Å². The highest BCUT2D eigenvalue weighted by Crippen LogP contribution is 2.48. The fraction of sp³-hybridized carbons (Fsp3) is 0.261. The summed E-state index contributed by atoms with van der Waals surface area (Å²) in [5.41, 5.74) is 3.31. The number of fused-ring (bicyclic) bond motifs is 2. The highest BCUT2D eigenvalue weighted by atomic mass is 19.1. The van der Waals surface area contributed by atoms with Gasteiger partial charge in [-0.1, -0.05) is 12.1 Å². The standard InChI is InChI=1S/C23H19FN2O3/c1-29-21-17-12-14(24)8-9-18(17)25-19(20(21)13-6-7-13)10-11-26-22(27)15-4-2-3-5-16(15)23(26)28/h2-5,8-9,12-13H,6-7,10-11H2,1H3. The van der Waals surface area contributed by atoms with Gasteiger partial charge in [-0.15, -0.1) is 0 Å². The van der Waals surface area contributed by atoms with Crippen molar-refractivity contribution in [1.29, 1.82) is 0 Å². The van der Waals surface area contributed by atoms with Gasteiger partial charge in [-0.25, -0.2) is 4.39 Å². The van der Waals surface area contributed by atoms with Gasteiger partial charge in [0.05, 0.1) is 29.4 Å². The van der Waals surface area contributed by atoms with Crippen LogP contribution in [0.25, 0.3) is 10.9 Å². The Morgan fingerprint density at radius 3 is 2.41 bits per heavy atom. The predicted octanol–water partition coefficient (Wildman–Crippen LogP) is 4.10. The molecule has 1 fully saturated rings. The molecule has 0 atom stereocenters. The zero-order valence-corrected chi connectivity index (χ0v) is 15.9. The fourth-order valence-corrected chi connectivity index (χ4v) is 4.13. The molecule has 146 valence electrons. The molecule has 0 N–H and O–H groups in total. The third-order valence-electron chi connectivity index (χ3n) is 5.65. The lowest BCUT2D eigenvalue weighted by Gasteiger charge is -2.18. The van der Waals surface area contributed by atoms with E-state index in [9.17, 15) is 14.0 Å². The number of methoxy groups -OCH3 is 1. The molecule has 1 aliphatic heterocycles. The number of hydrogen-bond acceptors (Lipinski definition) is 4. The Balaban J connectivity index is 1.51. The van der Waals surface area contributed by atoms with Crippen molar-refractivity contribution in [2.75, 3.05) is 13.7 Å². The summed E-state index contributed by atoms with van der Waals surface area (Å²) in [6.45, 7) is 0.245. The quantitative estimate of drug-likeness (QED) is 0.616. The number of aromatic nitrogens is 1. The zero-order valence-electron chi connectivity index (χ0n) is 15.9. The third-order valence-corrected chi connectivity index (χ3v) is 5.65. The van der Waals surface area contributed by atoms with E-state index in [0.29, 0.717) is 40.1 Å². The molecule has 29 heavy (non-hydrogen) atoms. The fourth-order valence-electron chi connectivity index (χ4n) is 4.13. The van der Waals surface area contributed by atoms with E-state index in [-0.39, 0.29) is 24.2 Å². The first-order chi connectivity index (χ1) is 14.1. The molecular weight excluding hydrogens is 371 g/mol. The van der Waals surface area contributed by atoms with Crippen LogP contribution in [-0.4, -0.2) is 35.4 Å². The van der Waals surface area contributed by atoms with Gasteiger partial charge < -0.3 is 4.74 Å². The Labute approximate surface area is 167 Å². The number of carbonyl (C=O) groups is 2. The molecule has 1 aliphatic carbocycles. The Morgan fingerprint density at radius 1 is 1.10 bits per heavy atom. The van der Waals surface area contributed by atoms with Crippen LogP contribution in [0, 0.1) is 5.82 Å². The lowest BCUT2D eigenvalue weighted by molar-refractivity contribution is 0.0656. The number of pyridine rings is 1. The van der Waals surface area contributed by atoms with Gasteiger partial charge in [-0.2, -0.15) is 0 Å². The number of hydrogen-bond donors (Lipinski definition) is 0. The maximum absolute atomic E-state index is 13.8. The number of imide groups is 1. The van der Waals surface area contributed by atoms with Crippen molar-refractivity contribution in [2.45, 2.75) is 25.2 Å². The predicted molar refractivity (Wildman–Crippen MR) is 106 cm³/mol. The SMILES string of the molecule is COc1c(C2CC2)c(CCN2C(=O)c3ccccc3C2=O)nc2ccc(F)cc12. The number of halogens is 1.